The van der Waals surface area contributed by atoms with Crippen molar-refractivity contribution < 1.29 is 5.48 Å². The molecule has 1 heterocycles. The van der Waals surface area contributed by atoms with Crippen molar-refractivity contribution in [3.05, 3.63) is 48.4 Å². The van der Waals surface area contributed by atoms with Crippen molar-refractivity contribution in [2.45, 2.75) is 13.5 Å². The van der Waals surface area contributed by atoms with E-state index in [0.717, 1.165) is 10.9 Å². The zero-order valence-corrected chi connectivity index (χ0v) is 8.46. The van der Waals surface area contributed by atoms with Crippen LogP contribution in [-0.2, 0) is 6.54 Å². The number of fused-ring (bicyclic) bond motifs is 3. The van der Waals surface area contributed by atoms with E-state index in [4.69, 9.17) is 5.48 Å². The third-order valence-corrected chi connectivity index (χ3v) is 2.72. The van der Waals surface area contributed by atoms with Gasteiger partial charge in [0.1, 0.15) is 0 Å². The third-order valence-electron chi connectivity index (χ3n) is 2.72. The van der Waals surface area contributed by atoms with Gasteiger partial charge in [0.05, 0.1) is 5.48 Å². The van der Waals surface area contributed by atoms with Crippen LogP contribution in [0.5, 0.6) is 0 Å². The van der Waals surface area contributed by atoms with Crippen LogP contribution in [0.25, 0.3) is 21.8 Å². The van der Waals surface area contributed by atoms with E-state index in [-0.39, 0.29) is 24.2 Å². The third kappa shape index (κ3) is 1.09. The second-order valence-electron chi connectivity index (χ2n) is 3.49. The summed E-state index contributed by atoms with van der Waals surface area (Å²) in [7, 11) is 0. The molecule has 0 atom stereocenters. The molecule has 1 aromatic heterocycles. The number of benzene rings is 2. The molecule has 0 radical (unpaired) electrons. The van der Waals surface area contributed by atoms with E-state index in [2.05, 4.69) is 0 Å². The van der Waals surface area contributed by atoms with Crippen LogP contribution in [0.4, 0.5) is 0 Å². The average molecular weight is 199 g/mol. The van der Waals surface area contributed by atoms with Gasteiger partial charge in [0.2, 0.25) is 0 Å². The first-order valence-electron chi connectivity index (χ1n) is 7.05. The summed E-state index contributed by atoms with van der Waals surface area (Å²) in [6.07, 6.45) is 0. The van der Waals surface area contributed by atoms with Crippen LogP contribution < -0.4 is 0 Å². The largest absolute Gasteiger partial charge is 0.341 e. The molecule has 3 aromatic rings. The molecule has 0 aliphatic carbocycles. The van der Waals surface area contributed by atoms with Crippen LogP contribution in [0.1, 0.15) is 12.4 Å². The van der Waals surface area contributed by atoms with E-state index < -0.39 is 0 Å². The second kappa shape index (κ2) is 3.13. The van der Waals surface area contributed by atoms with E-state index in [1.807, 2.05) is 35.8 Å². The highest BCUT2D eigenvalue weighted by Gasteiger charge is 2.06. The summed E-state index contributed by atoms with van der Waals surface area (Å²) < 4.78 is 33.7. The van der Waals surface area contributed by atoms with E-state index in [1.54, 1.807) is 0 Å². The molecule has 0 aliphatic heterocycles. The van der Waals surface area contributed by atoms with Gasteiger partial charge >= 0.3 is 0 Å². The Morgan fingerprint density at radius 1 is 1.07 bits per heavy atom. The van der Waals surface area contributed by atoms with Gasteiger partial charge in [-0.25, -0.2) is 0 Å². The maximum absolute atomic E-state index is 8.09. The lowest BCUT2D eigenvalue weighted by Crippen LogP contribution is -1.91. The quantitative estimate of drug-likeness (QED) is 0.561. The van der Waals surface area contributed by atoms with Gasteiger partial charge in [-0.3, -0.25) is 0 Å². The average Bonchev–Trinajstić information content (AvgIpc) is 2.77. The minimum absolute atomic E-state index is 0.0362. The predicted octanol–water partition coefficient (Wildman–Crippen LogP) is 3.81. The minimum Gasteiger partial charge on any atom is -0.341 e. The van der Waals surface area contributed by atoms with Crippen LogP contribution in [0.15, 0.2) is 48.4 Å². The van der Waals surface area contributed by atoms with E-state index in [9.17, 15) is 0 Å². The Kier molecular flexibility index (Phi) is 1.12. The first-order valence-corrected chi connectivity index (χ1v) is 5.05. The fourth-order valence-electron chi connectivity index (χ4n) is 2.07. The molecule has 1 heteroatoms. The van der Waals surface area contributed by atoms with Crippen molar-refractivity contribution in [2.75, 3.05) is 0 Å². The number of nitrogens with zero attached hydrogens (tertiary/aromatic N) is 1. The molecule has 0 spiro atoms. The Morgan fingerprint density at radius 3 is 2.73 bits per heavy atom. The van der Waals surface area contributed by atoms with Crippen molar-refractivity contribution in [2.24, 2.45) is 0 Å². The van der Waals surface area contributed by atoms with Crippen LogP contribution >= 0.6 is 0 Å². The smallest absolute Gasteiger partial charge is 0.0645 e. The lowest BCUT2D eigenvalue weighted by molar-refractivity contribution is 0.827. The van der Waals surface area contributed by atoms with Crippen LogP contribution in [0.2, 0.25) is 0 Å². The number of aryl methyl sites for hydroxylation is 1. The topological polar surface area (TPSA) is 4.93 Å². The molecule has 0 amide bonds. The highest BCUT2D eigenvalue weighted by Crippen LogP contribution is 2.28. The molecule has 15 heavy (non-hydrogen) atoms. The van der Waals surface area contributed by atoms with Gasteiger partial charge in [-0.1, -0.05) is 36.3 Å². The van der Waals surface area contributed by atoms with E-state index in [0.29, 0.717) is 17.4 Å². The zero-order valence-electron chi connectivity index (χ0n) is 12.5. The zero-order chi connectivity index (χ0) is 13.7. The Labute approximate surface area is 94.6 Å². The standard InChI is InChI=1S/C14H13N/c1-2-15-13-9-5-3-7-11(13)12-8-4-6-10-14(12)15/h3-10H,2H2,1H3/i3D,5D,7D,9D. The molecule has 74 valence electrons. The monoisotopic (exact) mass is 199 g/mol. The number of hydrogen-bond donors (Lipinski definition) is 0. The van der Waals surface area contributed by atoms with Crippen molar-refractivity contribution >= 4 is 21.8 Å². The number of para-hydroxylation sites is 2. The lowest BCUT2D eigenvalue weighted by Gasteiger charge is -2.01. The Morgan fingerprint density at radius 2 is 1.87 bits per heavy atom. The molecule has 0 saturated heterocycles. The van der Waals surface area contributed by atoms with Gasteiger partial charge < -0.3 is 4.57 Å². The fourth-order valence-corrected chi connectivity index (χ4v) is 2.07. The van der Waals surface area contributed by atoms with Crippen molar-refractivity contribution in [3.63, 3.8) is 0 Å². The number of rotatable bonds is 1. The first-order chi connectivity index (χ1) is 9.07. The SMILES string of the molecule is [2H]c1c([2H])c([2H])c2c(c1[2H])c1ccccc1n2CC. The molecular formula is C14H13N. The Balaban J connectivity index is 2.71. The predicted molar refractivity (Wildman–Crippen MR) is 65.1 cm³/mol. The van der Waals surface area contributed by atoms with Gasteiger partial charge in [-0.05, 0) is 19.0 Å². The van der Waals surface area contributed by atoms with Gasteiger partial charge in [-0.2, -0.15) is 0 Å². The van der Waals surface area contributed by atoms with Crippen LogP contribution in [-0.4, -0.2) is 4.57 Å². The molecule has 0 N–H and O–H groups in total. The maximum atomic E-state index is 8.09. The summed E-state index contributed by atoms with van der Waals surface area (Å²) in [6, 6.07) is 7.40. The molecule has 2 aromatic carbocycles. The molecular weight excluding hydrogens is 182 g/mol. The lowest BCUT2D eigenvalue weighted by atomic mass is 10.2. The highest BCUT2D eigenvalue weighted by atomic mass is 15.0. The van der Waals surface area contributed by atoms with Gasteiger partial charge in [0.25, 0.3) is 0 Å². The Bertz CT molecular complexity index is 804. The van der Waals surface area contributed by atoms with Crippen molar-refractivity contribution in [1.82, 2.24) is 4.57 Å². The first kappa shape index (κ1) is 5.36. The molecule has 0 fully saturated rings. The summed E-state index contributed by atoms with van der Waals surface area (Å²) in [5.74, 6) is 0. The van der Waals surface area contributed by atoms with E-state index in [1.165, 1.54) is 0 Å². The fraction of sp³-hybridized carbons (Fsp3) is 0.143. The normalized spacial score (nSPS) is 15.0. The van der Waals surface area contributed by atoms with Crippen LogP contribution in [0.3, 0.4) is 0 Å². The minimum atomic E-state index is -0.171. The number of hydrogen-bond acceptors (Lipinski definition) is 0. The molecule has 0 saturated carbocycles. The van der Waals surface area contributed by atoms with Gasteiger partial charge in [0.15, 0.2) is 0 Å². The van der Waals surface area contributed by atoms with Crippen molar-refractivity contribution in [1.29, 1.82) is 0 Å². The summed E-state index contributed by atoms with van der Waals surface area (Å²) in [5.41, 5.74) is 1.54. The maximum Gasteiger partial charge on any atom is 0.0645 e. The number of aromatic nitrogens is 1. The summed E-state index contributed by atoms with van der Waals surface area (Å²) in [4.78, 5) is 0. The van der Waals surface area contributed by atoms with Gasteiger partial charge in [0, 0.05) is 28.4 Å². The molecule has 0 unspecified atom stereocenters. The summed E-state index contributed by atoms with van der Waals surface area (Å²) in [5, 5.41) is 1.50. The Hall–Kier alpha value is -1.76. The highest BCUT2D eigenvalue weighted by molar-refractivity contribution is 6.07. The molecule has 0 bridgehead atoms. The summed E-state index contributed by atoms with van der Waals surface area (Å²) in [6.45, 7) is 2.65. The van der Waals surface area contributed by atoms with E-state index >= 15 is 0 Å². The summed E-state index contributed by atoms with van der Waals surface area (Å²) >= 11 is 0. The molecule has 0 aliphatic rings. The van der Waals surface area contributed by atoms with Crippen molar-refractivity contribution in [3.8, 4) is 0 Å². The second-order valence-corrected chi connectivity index (χ2v) is 3.49. The van der Waals surface area contributed by atoms with Gasteiger partial charge in [-0.15, -0.1) is 0 Å². The molecule has 1 nitrogen and oxygen atoms in total. The van der Waals surface area contributed by atoms with Crippen LogP contribution in [0, 0.1) is 0 Å². The molecule has 3 rings (SSSR count).